The molecular weight excluding hydrogens is 266 g/mol. The van der Waals surface area contributed by atoms with Crippen LogP contribution in [0.1, 0.15) is 5.56 Å². The number of halogens is 1. The maximum Gasteiger partial charge on any atom is 0.212 e. The number of ether oxygens (including phenoxy) is 1. The zero-order chi connectivity index (χ0) is 11.4. The molecule has 82 valence electrons. The molecule has 0 aliphatic carbocycles. The van der Waals surface area contributed by atoms with E-state index in [9.17, 15) is 0 Å². The van der Waals surface area contributed by atoms with Crippen LogP contribution in [-0.4, -0.2) is 12.1 Å². The molecule has 0 N–H and O–H groups in total. The smallest absolute Gasteiger partial charge is 0.212 e. The van der Waals surface area contributed by atoms with Crippen LogP contribution in [0.4, 0.5) is 0 Å². The van der Waals surface area contributed by atoms with E-state index in [-0.39, 0.29) is 0 Å². The van der Waals surface area contributed by atoms with Crippen molar-refractivity contribution >= 4 is 15.9 Å². The third-order valence-corrected chi connectivity index (χ3v) is 3.03. The molecule has 0 spiro atoms. The Balaban J connectivity index is 2.28. The Kier molecular flexibility index (Phi) is 3.57. The predicted molar refractivity (Wildman–Crippen MR) is 68.9 cm³/mol. The minimum Gasteiger partial charge on any atom is -0.481 e. The summed E-state index contributed by atoms with van der Waals surface area (Å²) in [6.45, 7) is 0. The molecule has 0 saturated carbocycles. The predicted octanol–water partition coefficient (Wildman–Crippen LogP) is 3.65. The summed E-state index contributed by atoms with van der Waals surface area (Å²) in [5.41, 5.74) is 3.53. The maximum atomic E-state index is 5.02. The van der Waals surface area contributed by atoms with Gasteiger partial charge >= 0.3 is 0 Å². The second kappa shape index (κ2) is 5.12. The minimum atomic E-state index is 0.640. The number of pyridine rings is 1. The van der Waals surface area contributed by atoms with Crippen molar-refractivity contribution in [3.05, 3.63) is 48.2 Å². The Bertz CT molecular complexity index is 405. The molecule has 2 nitrogen and oxygen atoms in total. The van der Waals surface area contributed by atoms with Gasteiger partial charge < -0.3 is 4.74 Å². The van der Waals surface area contributed by atoms with Crippen LogP contribution in [0.25, 0.3) is 11.1 Å². The van der Waals surface area contributed by atoms with E-state index in [0.717, 1.165) is 10.9 Å². The van der Waals surface area contributed by atoms with Gasteiger partial charge in [0.25, 0.3) is 0 Å². The maximum absolute atomic E-state index is 5.02. The molecule has 1 heterocycles. The second-order valence-corrected chi connectivity index (χ2v) is 3.98. The molecule has 3 heteroatoms. The fourth-order valence-electron chi connectivity index (χ4n) is 1.46. The van der Waals surface area contributed by atoms with Crippen LogP contribution in [0.15, 0.2) is 42.6 Å². The summed E-state index contributed by atoms with van der Waals surface area (Å²) in [5, 5.41) is 0.883. The molecule has 1 aromatic heterocycles. The van der Waals surface area contributed by atoms with Crippen LogP contribution in [0, 0.1) is 0 Å². The average molecular weight is 278 g/mol. The van der Waals surface area contributed by atoms with Crippen LogP contribution in [0.5, 0.6) is 5.88 Å². The van der Waals surface area contributed by atoms with Crippen molar-refractivity contribution in [2.75, 3.05) is 7.11 Å². The van der Waals surface area contributed by atoms with Crippen molar-refractivity contribution in [3.8, 4) is 17.0 Å². The molecule has 2 aromatic rings. The highest BCUT2D eigenvalue weighted by molar-refractivity contribution is 9.08. The van der Waals surface area contributed by atoms with Crippen molar-refractivity contribution in [3.63, 3.8) is 0 Å². The summed E-state index contributed by atoms with van der Waals surface area (Å²) in [4.78, 5) is 4.18. The Morgan fingerprint density at radius 2 is 1.75 bits per heavy atom. The molecule has 16 heavy (non-hydrogen) atoms. The first-order valence-corrected chi connectivity index (χ1v) is 6.11. The summed E-state index contributed by atoms with van der Waals surface area (Å²) >= 11 is 3.43. The van der Waals surface area contributed by atoms with E-state index in [4.69, 9.17) is 4.74 Å². The molecule has 0 radical (unpaired) electrons. The largest absolute Gasteiger partial charge is 0.481 e. The van der Waals surface area contributed by atoms with Gasteiger partial charge in [-0.05, 0) is 17.2 Å². The summed E-state index contributed by atoms with van der Waals surface area (Å²) in [5.74, 6) is 0.640. The summed E-state index contributed by atoms with van der Waals surface area (Å²) in [6, 6.07) is 12.3. The van der Waals surface area contributed by atoms with E-state index < -0.39 is 0 Å². The van der Waals surface area contributed by atoms with Gasteiger partial charge in [-0.25, -0.2) is 4.98 Å². The van der Waals surface area contributed by atoms with Gasteiger partial charge in [-0.1, -0.05) is 40.2 Å². The zero-order valence-corrected chi connectivity index (χ0v) is 10.6. The molecule has 0 amide bonds. The highest BCUT2D eigenvalue weighted by Crippen LogP contribution is 2.21. The van der Waals surface area contributed by atoms with Gasteiger partial charge in [0.1, 0.15) is 0 Å². The number of hydrogen-bond acceptors (Lipinski definition) is 2. The van der Waals surface area contributed by atoms with Crippen LogP contribution in [0.2, 0.25) is 0 Å². The fraction of sp³-hybridized carbons (Fsp3) is 0.154. The van der Waals surface area contributed by atoms with E-state index in [0.29, 0.717) is 5.88 Å². The van der Waals surface area contributed by atoms with E-state index in [1.165, 1.54) is 11.1 Å². The molecule has 0 atom stereocenters. The SMILES string of the molecule is COc1ccc(-c2ccc(CBr)cc2)cn1. The molecule has 1 aromatic carbocycles. The first-order chi connectivity index (χ1) is 7.83. The zero-order valence-electron chi connectivity index (χ0n) is 8.98. The van der Waals surface area contributed by atoms with Crippen molar-refractivity contribution in [1.82, 2.24) is 4.98 Å². The number of hydrogen-bond donors (Lipinski definition) is 0. The highest BCUT2D eigenvalue weighted by atomic mass is 79.9. The van der Waals surface area contributed by atoms with Gasteiger partial charge in [0.2, 0.25) is 5.88 Å². The molecular formula is C13H12BrNO. The van der Waals surface area contributed by atoms with Crippen LogP contribution in [0.3, 0.4) is 0 Å². The van der Waals surface area contributed by atoms with Crippen molar-refractivity contribution in [2.45, 2.75) is 5.33 Å². The third-order valence-electron chi connectivity index (χ3n) is 2.39. The first-order valence-electron chi connectivity index (χ1n) is 4.99. The van der Waals surface area contributed by atoms with Crippen molar-refractivity contribution in [2.24, 2.45) is 0 Å². The van der Waals surface area contributed by atoms with Gasteiger partial charge in [0.05, 0.1) is 7.11 Å². The number of rotatable bonds is 3. The van der Waals surface area contributed by atoms with Gasteiger partial charge in [-0.15, -0.1) is 0 Å². The van der Waals surface area contributed by atoms with Gasteiger partial charge in [0.15, 0.2) is 0 Å². The number of methoxy groups -OCH3 is 1. The first kappa shape index (κ1) is 11.1. The minimum absolute atomic E-state index is 0.640. The van der Waals surface area contributed by atoms with E-state index in [1.54, 1.807) is 7.11 Å². The average Bonchev–Trinajstić information content (AvgIpc) is 2.39. The standard InChI is InChI=1S/C13H12BrNO/c1-16-13-7-6-12(9-15-13)11-4-2-10(8-14)3-5-11/h2-7,9H,8H2,1H3. The second-order valence-electron chi connectivity index (χ2n) is 3.42. The van der Waals surface area contributed by atoms with Crippen molar-refractivity contribution < 1.29 is 4.74 Å². The van der Waals surface area contributed by atoms with Crippen LogP contribution >= 0.6 is 15.9 Å². The molecule has 2 rings (SSSR count). The Morgan fingerprint density at radius 1 is 1.06 bits per heavy atom. The molecule has 0 aliphatic rings. The molecule has 0 unspecified atom stereocenters. The van der Waals surface area contributed by atoms with Crippen molar-refractivity contribution in [1.29, 1.82) is 0 Å². The highest BCUT2D eigenvalue weighted by Gasteiger charge is 1.99. The monoisotopic (exact) mass is 277 g/mol. The Labute approximate surface area is 103 Å². The summed E-state index contributed by atoms with van der Waals surface area (Å²) < 4.78 is 5.02. The Hall–Kier alpha value is -1.35. The molecule has 0 aliphatic heterocycles. The molecule has 0 saturated heterocycles. The van der Waals surface area contributed by atoms with E-state index in [1.807, 2.05) is 18.3 Å². The van der Waals surface area contributed by atoms with E-state index in [2.05, 4.69) is 45.2 Å². The van der Waals surface area contributed by atoms with Crippen LogP contribution < -0.4 is 4.74 Å². The molecule has 0 fully saturated rings. The number of nitrogens with zero attached hydrogens (tertiary/aromatic N) is 1. The van der Waals surface area contributed by atoms with E-state index >= 15 is 0 Å². The van der Waals surface area contributed by atoms with Gasteiger partial charge in [-0.2, -0.15) is 0 Å². The fourth-order valence-corrected chi connectivity index (χ4v) is 1.83. The third kappa shape index (κ3) is 2.42. The lowest BCUT2D eigenvalue weighted by atomic mass is 10.1. The lowest BCUT2D eigenvalue weighted by molar-refractivity contribution is 0.398. The number of alkyl halides is 1. The Morgan fingerprint density at radius 3 is 2.25 bits per heavy atom. The normalized spacial score (nSPS) is 10.1. The quantitative estimate of drug-likeness (QED) is 0.799. The van der Waals surface area contributed by atoms with Gasteiger partial charge in [-0.3, -0.25) is 0 Å². The number of aromatic nitrogens is 1. The number of benzene rings is 1. The topological polar surface area (TPSA) is 22.1 Å². The lowest BCUT2D eigenvalue weighted by Gasteiger charge is -2.03. The summed E-state index contributed by atoms with van der Waals surface area (Å²) in [7, 11) is 1.62. The van der Waals surface area contributed by atoms with Crippen LogP contribution in [-0.2, 0) is 5.33 Å². The lowest BCUT2D eigenvalue weighted by Crippen LogP contribution is -1.87. The van der Waals surface area contributed by atoms with Gasteiger partial charge in [0, 0.05) is 23.2 Å². The summed E-state index contributed by atoms with van der Waals surface area (Å²) in [6.07, 6.45) is 1.82. The molecule has 0 bridgehead atoms.